The summed E-state index contributed by atoms with van der Waals surface area (Å²) in [5, 5.41) is 0. The third-order valence-corrected chi connectivity index (χ3v) is 9.17. The van der Waals surface area contributed by atoms with Gasteiger partial charge in [-0.05, 0) is 30.8 Å². The van der Waals surface area contributed by atoms with E-state index in [-0.39, 0.29) is 11.0 Å². The van der Waals surface area contributed by atoms with Gasteiger partial charge in [0.05, 0.1) is 5.60 Å². The van der Waals surface area contributed by atoms with Gasteiger partial charge in [-0.1, -0.05) is 56.9 Å². The molecule has 21 heavy (non-hydrogen) atoms. The summed E-state index contributed by atoms with van der Waals surface area (Å²) in [4.78, 5) is 0. The van der Waals surface area contributed by atoms with Gasteiger partial charge in [0.25, 0.3) is 0 Å². The van der Waals surface area contributed by atoms with Crippen molar-refractivity contribution in [1.82, 2.24) is 0 Å². The molecule has 1 heterocycles. The molecule has 1 aliphatic carbocycles. The smallest absolute Gasteiger partial charge is 0.215 e. The molecule has 0 amide bonds. The molecule has 118 valence electrons. The van der Waals surface area contributed by atoms with E-state index in [0.29, 0.717) is 5.92 Å². The molecule has 4 atom stereocenters. The van der Waals surface area contributed by atoms with Crippen LogP contribution in [0.2, 0.25) is 12.6 Å². The molecule has 1 aliphatic heterocycles. The third-order valence-electron chi connectivity index (χ3n) is 5.94. The maximum atomic E-state index is 6.68. The zero-order valence-corrected chi connectivity index (χ0v) is 15.2. The van der Waals surface area contributed by atoms with E-state index >= 15 is 0 Å². The normalized spacial score (nSPS) is 45.0. The van der Waals surface area contributed by atoms with Crippen molar-refractivity contribution >= 4 is 8.32 Å². The maximum absolute atomic E-state index is 6.68. The Morgan fingerprint density at radius 2 is 1.67 bits per heavy atom. The van der Waals surface area contributed by atoms with Crippen LogP contribution in [-0.4, -0.2) is 13.9 Å². The lowest BCUT2D eigenvalue weighted by Gasteiger charge is -2.58. The van der Waals surface area contributed by atoms with Gasteiger partial charge < -0.3 is 4.43 Å². The van der Waals surface area contributed by atoms with Crippen LogP contribution in [0.4, 0.5) is 0 Å². The highest BCUT2D eigenvalue weighted by molar-refractivity contribution is 6.77. The average molecular weight is 305 g/mol. The molecule has 4 unspecified atom stereocenters. The van der Waals surface area contributed by atoms with Gasteiger partial charge >= 0.3 is 0 Å². The number of hydrogen-bond donors (Lipinski definition) is 0. The van der Waals surface area contributed by atoms with E-state index in [2.05, 4.69) is 58.0 Å². The molecule has 0 bridgehead atoms. The zero-order valence-electron chi connectivity index (χ0n) is 14.2. The standard InChI is InChI=1S/C19H32OSi/c1-7-18(4)15-21(6,9-3)20-19(5,8-2)17(18)16-13-11-10-12-14-16/h7-9,16-17H,1-3,10-15H2,4-6H3. The number of hydrogen-bond acceptors (Lipinski definition) is 1. The Morgan fingerprint density at radius 3 is 2.14 bits per heavy atom. The summed E-state index contributed by atoms with van der Waals surface area (Å²) in [5.41, 5.74) is 1.96. The maximum Gasteiger partial charge on any atom is 0.215 e. The fourth-order valence-corrected chi connectivity index (χ4v) is 8.47. The van der Waals surface area contributed by atoms with Gasteiger partial charge in [-0.25, -0.2) is 0 Å². The van der Waals surface area contributed by atoms with Crippen molar-refractivity contribution < 1.29 is 4.43 Å². The highest BCUT2D eigenvalue weighted by Gasteiger charge is 2.56. The predicted molar refractivity (Wildman–Crippen MR) is 94.7 cm³/mol. The fourth-order valence-electron chi connectivity index (χ4n) is 5.08. The molecule has 1 nitrogen and oxygen atoms in total. The first-order chi connectivity index (χ1) is 9.82. The molecule has 1 saturated heterocycles. The van der Waals surface area contributed by atoms with Crippen molar-refractivity contribution in [2.24, 2.45) is 17.3 Å². The van der Waals surface area contributed by atoms with E-state index in [4.69, 9.17) is 4.43 Å². The van der Waals surface area contributed by atoms with Crippen LogP contribution in [0.25, 0.3) is 0 Å². The molecular formula is C19H32OSi. The van der Waals surface area contributed by atoms with Crippen LogP contribution in [-0.2, 0) is 4.43 Å². The second-order valence-electron chi connectivity index (χ2n) is 7.77. The predicted octanol–water partition coefficient (Wildman–Crippen LogP) is 5.65. The third kappa shape index (κ3) is 2.98. The first kappa shape index (κ1) is 16.8. The lowest BCUT2D eigenvalue weighted by Crippen LogP contribution is -2.61. The van der Waals surface area contributed by atoms with Crippen molar-refractivity contribution in [3.05, 3.63) is 37.6 Å². The second-order valence-corrected chi connectivity index (χ2v) is 11.4. The van der Waals surface area contributed by atoms with Gasteiger partial charge in [-0.2, -0.15) is 0 Å². The van der Waals surface area contributed by atoms with Gasteiger partial charge in [0.1, 0.15) is 0 Å². The molecule has 0 radical (unpaired) electrons. The Hall–Kier alpha value is -0.603. The Balaban J connectivity index is 2.44. The summed E-state index contributed by atoms with van der Waals surface area (Å²) in [6, 6.07) is 1.09. The molecule has 0 aromatic rings. The minimum absolute atomic E-state index is 0.123. The van der Waals surface area contributed by atoms with E-state index in [1.165, 1.54) is 32.1 Å². The van der Waals surface area contributed by atoms with E-state index in [1.54, 1.807) is 0 Å². The van der Waals surface area contributed by atoms with E-state index < -0.39 is 8.32 Å². The summed E-state index contributed by atoms with van der Waals surface area (Å²) in [6.45, 7) is 19.3. The van der Waals surface area contributed by atoms with Gasteiger partial charge in [-0.3, -0.25) is 0 Å². The number of rotatable bonds is 4. The van der Waals surface area contributed by atoms with Gasteiger partial charge in [-0.15, -0.1) is 19.7 Å². The monoisotopic (exact) mass is 304 g/mol. The molecule has 2 heteroatoms. The molecule has 2 fully saturated rings. The Labute approximate surface area is 132 Å². The van der Waals surface area contributed by atoms with Crippen molar-refractivity contribution in [2.45, 2.75) is 64.1 Å². The SMILES string of the molecule is C=CC1(C)C[Si](C)(C=C)OC(C)(C=C)C1C1CCCCC1. The summed E-state index contributed by atoms with van der Waals surface area (Å²) >= 11 is 0. The Kier molecular flexibility index (Phi) is 4.70. The van der Waals surface area contributed by atoms with Gasteiger partial charge in [0.15, 0.2) is 0 Å². The van der Waals surface area contributed by atoms with Gasteiger partial charge in [0.2, 0.25) is 8.32 Å². The largest absolute Gasteiger partial charge is 0.404 e. The topological polar surface area (TPSA) is 9.23 Å². The van der Waals surface area contributed by atoms with Crippen LogP contribution < -0.4 is 0 Å². The summed E-state index contributed by atoms with van der Waals surface area (Å²) in [6.07, 6.45) is 11.0. The minimum Gasteiger partial charge on any atom is -0.404 e. The van der Waals surface area contributed by atoms with E-state index in [9.17, 15) is 0 Å². The van der Waals surface area contributed by atoms with E-state index in [0.717, 1.165) is 12.0 Å². The molecule has 1 saturated carbocycles. The van der Waals surface area contributed by atoms with Gasteiger partial charge in [0, 0.05) is 5.92 Å². The van der Waals surface area contributed by atoms with Crippen LogP contribution in [0.5, 0.6) is 0 Å². The van der Waals surface area contributed by atoms with Crippen LogP contribution >= 0.6 is 0 Å². The first-order valence-electron chi connectivity index (χ1n) is 8.43. The lowest BCUT2D eigenvalue weighted by atomic mass is 9.60. The Bertz CT molecular complexity index is 399. The van der Waals surface area contributed by atoms with Crippen LogP contribution in [0.1, 0.15) is 46.0 Å². The molecular weight excluding hydrogens is 272 g/mol. The highest BCUT2D eigenvalue weighted by Crippen LogP contribution is 2.56. The minimum atomic E-state index is -1.91. The van der Waals surface area contributed by atoms with Crippen molar-refractivity contribution in [2.75, 3.05) is 0 Å². The lowest BCUT2D eigenvalue weighted by molar-refractivity contribution is -0.0511. The zero-order chi connectivity index (χ0) is 15.7. The summed E-state index contributed by atoms with van der Waals surface area (Å²) in [7, 11) is -1.91. The second kappa shape index (κ2) is 5.89. The molecule has 0 aromatic carbocycles. The van der Waals surface area contributed by atoms with Crippen LogP contribution in [0.15, 0.2) is 37.6 Å². The summed E-state index contributed by atoms with van der Waals surface area (Å²) in [5.74, 6) is 1.22. The molecule has 0 N–H and O–H groups in total. The van der Waals surface area contributed by atoms with E-state index in [1.807, 2.05) is 0 Å². The fraction of sp³-hybridized carbons (Fsp3) is 0.684. The highest BCUT2D eigenvalue weighted by atomic mass is 28.4. The summed E-state index contributed by atoms with van der Waals surface area (Å²) < 4.78 is 6.68. The number of allylic oxidation sites excluding steroid dienone is 1. The molecule has 0 aromatic heterocycles. The average Bonchev–Trinajstić information content (AvgIpc) is 2.47. The molecule has 2 aliphatic rings. The van der Waals surface area contributed by atoms with Crippen LogP contribution in [0.3, 0.4) is 0 Å². The molecule has 2 rings (SSSR count). The Morgan fingerprint density at radius 1 is 1.05 bits per heavy atom. The molecule has 0 spiro atoms. The quantitative estimate of drug-likeness (QED) is 0.481. The van der Waals surface area contributed by atoms with Crippen molar-refractivity contribution in [1.29, 1.82) is 0 Å². The van der Waals surface area contributed by atoms with Crippen molar-refractivity contribution in [3.8, 4) is 0 Å². The van der Waals surface area contributed by atoms with Crippen molar-refractivity contribution in [3.63, 3.8) is 0 Å². The van der Waals surface area contributed by atoms with Crippen LogP contribution in [0, 0.1) is 17.3 Å². The first-order valence-corrected chi connectivity index (χ1v) is 11.1.